The maximum Gasteiger partial charge on any atom is 0.202 e. The third-order valence-corrected chi connectivity index (χ3v) is 6.00. The van der Waals surface area contributed by atoms with Crippen molar-refractivity contribution in [1.82, 2.24) is 10.6 Å². The molecule has 0 aliphatic heterocycles. The normalized spacial score (nSPS) is 32.3. The fourth-order valence-corrected chi connectivity index (χ4v) is 5.27. The summed E-state index contributed by atoms with van der Waals surface area (Å²) in [6.45, 7) is 0. The van der Waals surface area contributed by atoms with Gasteiger partial charge in [-0.1, -0.05) is 30.3 Å². The van der Waals surface area contributed by atoms with E-state index in [1.54, 1.807) is 0 Å². The number of halogens is 1. The van der Waals surface area contributed by atoms with Gasteiger partial charge in [-0.2, -0.15) is 0 Å². The number of hydrogen-bond acceptors (Lipinski definition) is 2. The first-order chi connectivity index (χ1) is 12.2. The van der Waals surface area contributed by atoms with E-state index in [1.165, 1.54) is 32.1 Å². The van der Waals surface area contributed by atoms with Crippen LogP contribution in [0.4, 0.5) is 0 Å². The highest BCUT2D eigenvalue weighted by Gasteiger charge is 2.48. The smallest absolute Gasteiger partial charge is 0.202 e. The van der Waals surface area contributed by atoms with Gasteiger partial charge in [0.15, 0.2) is 5.96 Å². The summed E-state index contributed by atoms with van der Waals surface area (Å²) in [4.78, 5) is 4.97. The maximum atomic E-state index is 7.56. The molecule has 6 heteroatoms. The minimum atomic E-state index is -0.0804. The van der Waals surface area contributed by atoms with E-state index in [9.17, 15) is 0 Å². The van der Waals surface area contributed by atoms with Crippen LogP contribution in [0.5, 0.6) is 0 Å². The molecule has 0 unspecified atom stereocenters. The Hall–Kier alpha value is -2.01. The lowest BCUT2D eigenvalue weighted by Crippen LogP contribution is -2.50. The van der Waals surface area contributed by atoms with Crippen molar-refractivity contribution in [1.29, 1.82) is 5.41 Å². The summed E-state index contributed by atoms with van der Waals surface area (Å²) >= 11 is 0. The van der Waals surface area contributed by atoms with Crippen LogP contribution in [-0.4, -0.2) is 18.0 Å². The lowest BCUT2D eigenvalue weighted by atomic mass is 9.54. The number of nitrogens with two attached hydrogens (primary N) is 1. The van der Waals surface area contributed by atoms with Gasteiger partial charge in [0.05, 0.1) is 6.04 Å². The van der Waals surface area contributed by atoms with Crippen molar-refractivity contribution < 1.29 is 0 Å². The third-order valence-electron chi connectivity index (χ3n) is 6.00. The molecule has 0 atom stereocenters. The molecule has 4 saturated carbocycles. The monoisotopic (exact) mass is 373 g/mol. The third kappa shape index (κ3) is 4.21. The predicted octanol–water partition coefficient (Wildman–Crippen LogP) is 3.33. The lowest BCUT2D eigenvalue weighted by Gasteiger charge is -2.53. The number of hydrogen-bond donors (Lipinski definition) is 4. The molecule has 4 aliphatic rings. The number of nitrogens with one attached hydrogen (secondary N) is 3. The van der Waals surface area contributed by atoms with Crippen molar-refractivity contribution >= 4 is 30.4 Å². The Kier molecular flexibility index (Phi) is 5.87. The molecule has 0 spiro atoms. The van der Waals surface area contributed by atoms with E-state index in [0.717, 1.165) is 17.4 Å². The molecule has 5 rings (SSSR count). The second-order valence-corrected chi connectivity index (χ2v) is 7.83. The van der Waals surface area contributed by atoms with E-state index >= 15 is 0 Å². The van der Waals surface area contributed by atoms with Crippen LogP contribution in [0.15, 0.2) is 41.5 Å². The summed E-state index contributed by atoms with van der Waals surface area (Å²) in [6, 6.07) is 10.5. The molecule has 5 N–H and O–H groups in total. The van der Waals surface area contributed by atoms with Gasteiger partial charge in [0, 0.05) is 6.20 Å². The Bertz CT molecular complexity index is 657. The van der Waals surface area contributed by atoms with Gasteiger partial charge in [0.25, 0.3) is 0 Å². The summed E-state index contributed by atoms with van der Waals surface area (Å²) in [5.74, 6) is 3.80. The molecule has 4 fully saturated rings. The quantitative estimate of drug-likeness (QED) is 0.484. The zero-order valence-corrected chi connectivity index (χ0v) is 15.7. The first kappa shape index (κ1) is 18.8. The minimum Gasteiger partial charge on any atom is -0.370 e. The molecular weight excluding hydrogens is 346 g/mol. The highest BCUT2D eigenvalue weighted by Crippen LogP contribution is 2.54. The van der Waals surface area contributed by atoms with Crippen LogP contribution in [0, 0.1) is 29.1 Å². The van der Waals surface area contributed by atoms with Crippen molar-refractivity contribution in [2.45, 2.75) is 38.1 Å². The SMILES string of the molecule is Cl.N=C(N)NC(=NC1C2CC3CC(C2)CC1C3)NC=Cc1ccccc1. The van der Waals surface area contributed by atoms with Crippen LogP contribution < -0.4 is 16.4 Å². The van der Waals surface area contributed by atoms with Crippen molar-refractivity contribution in [3.05, 3.63) is 42.1 Å². The lowest BCUT2D eigenvalue weighted by molar-refractivity contribution is 0.00110. The Morgan fingerprint density at radius 1 is 1.04 bits per heavy atom. The minimum absolute atomic E-state index is 0. The Balaban J connectivity index is 0.00000196. The Labute approximate surface area is 161 Å². The fourth-order valence-electron chi connectivity index (χ4n) is 5.27. The average Bonchev–Trinajstić information content (AvgIpc) is 2.57. The van der Waals surface area contributed by atoms with Crippen molar-refractivity contribution in [3.8, 4) is 0 Å². The van der Waals surface area contributed by atoms with Gasteiger partial charge >= 0.3 is 0 Å². The van der Waals surface area contributed by atoms with Crippen LogP contribution in [0.3, 0.4) is 0 Å². The summed E-state index contributed by atoms with van der Waals surface area (Å²) in [7, 11) is 0. The van der Waals surface area contributed by atoms with Crippen LogP contribution in [0.25, 0.3) is 6.08 Å². The molecule has 4 aliphatic carbocycles. The summed E-state index contributed by atoms with van der Waals surface area (Å²) in [5.41, 5.74) is 6.67. The zero-order valence-electron chi connectivity index (χ0n) is 14.9. The first-order valence-electron chi connectivity index (χ1n) is 9.34. The van der Waals surface area contributed by atoms with E-state index in [2.05, 4.69) is 10.6 Å². The van der Waals surface area contributed by atoms with E-state index in [0.29, 0.717) is 23.8 Å². The molecule has 0 aromatic heterocycles. The van der Waals surface area contributed by atoms with E-state index in [4.69, 9.17) is 16.1 Å². The Morgan fingerprint density at radius 3 is 2.23 bits per heavy atom. The molecule has 5 nitrogen and oxygen atoms in total. The van der Waals surface area contributed by atoms with Gasteiger partial charge in [-0.05, 0) is 67.4 Å². The van der Waals surface area contributed by atoms with Gasteiger partial charge in [-0.15, -0.1) is 12.4 Å². The molecule has 140 valence electrons. The molecule has 1 aromatic carbocycles. The molecule has 4 bridgehead atoms. The highest BCUT2D eigenvalue weighted by molar-refractivity contribution is 5.97. The molecule has 1 aromatic rings. The van der Waals surface area contributed by atoms with Crippen molar-refractivity contribution in [3.63, 3.8) is 0 Å². The molecule has 0 saturated heterocycles. The predicted molar refractivity (Wildman–Crippen MR) is 109 cm³/mol. The number of rotatable bonds is 3. The van der Waals surface area contributed by atoms with Gasteiger partial charge in [-0.25, -0.2) is 4.99 Å². The number of aliphatic imine (C=N–C) groups is 1. The van der Waals surface area contributed by atoms with Gasteiger partial charge in [0.1, 0.15) is 0 Å². The summed E-state index contributed by atoms with van der Waals surface area (Å²) in [6.07, 6.45) is 10.6. The van der Waals surface area contributed by atoms with Crippen molar-refractivity contribution in [2.24, 2.45) is 34.4 Å². The van der Waals surface area contributed by atoms with Crippen LogP contribution in [-0.2, 0) is 0 Å². The molecule has 0 amide bonds. The molecule has 0 radical (unpaired) electrons. The van der Waals surface area contributed by atoms with Crippen LogP contribution in [0.1, 0.15) is 37.7 Å². The zero-order chi connectivity index (χ0) is 17.2. The fraction of sp³-hybridized carbons (Fsp3) is 0.500. The van der Waals surface area contributed by atoms with E-state index < -0.39 is 0 Å². The average molecular weight is 374 g/mol. The maximum absolute atomic E-state index is 7.56. The number of nitrogens with zero attached hydrogens (tertiary/aromatic N) is 1. The molecule has 0 heterocycles. The first-order valence-corrected chi connectivity index (χ1v) is 9.34. The molecule has 26 heavy (non-hydrogen) atoms. The van der Waals surface area contributed by atoms with Gasteiger partial charge < -0.3 is 11.1 Å². The van der Waals surface area contributed by atoms with E-state index in [1.807, 2.05) is 42.6 Å². The topological polar surface area (TPSA) is 86.3 Å². The summed E-state index contributed by atoms with van der Waals surface area (Å²) in [5, 5.41) is 13.6. The van der Waals surface area contributed by atoms with Gasteiger partial charge in [0.2, 0.25) is 5.96 Å². The largest absolute Gasteiger partial charge is 0.370 e. The standard InChI is InChI=1S/C20H27N5.ClH/c21-19(22)25-20(23-7-6-13-4-2-1-3-5-13)24-18-16-9-14-8-15(11-16)12-17(18)10-14;/h1-7,14-18H,8-12H2,(H5,21,22,23,24,25);1H. The highest BCUT2D eigenvalue weighted by atomic mass is 35.5. The van der Waals surface area contributed by atoms with Gasteiger partial charge in [-0.3, -0.25) is 10.7 Å². The second kappa shape index (κ2) is 8.12. The number of guanidine groups is 2. The van der Waals surface area contributed by atoms with Crippen LogP contribution >= 0.6 is 12.4 Å². The summed E-state index contributed by atoms with van der Waals surface area (Å²) < 4.78 is 0. The second-order valence-electron chi connectivity index (χ2n) is 7.83. The molecular formula is C20H28ClN5. The van der Waals surface area contributed by atoms with Crippen molar-refractivity contribution in [2.75, 3.05) is 0 Å². The van der Waals surface area contributed by atoms with E-state index in [-0.39, 0.29) is 18.4 Å². The Morgan fingerprint density at radius 2 is 1.65 bits per heavy atom. The number of benzene rings is 1. The van der Waals surface area contributed by atoms with Crippen LogP contribution in [0.2, 0.25) is 0 Å².